The minimum atomic E-state index is -0.669. The quantitative estimate of drug-likeness (QED) is 0.157. The highest BCUT2D eigenvalue weighted by molar-refractivity contribution is 5.98. The van der Waals surface area contributed by atoms with Gasteiger partial charge in [-0.15, -0.1) is 0 Å². The zero-order valence-corrected chi connectivity index (χ0v) is 41.8. The van der Waals surface area contributed by atoms with Crippen LogP contribution in [0, 0.1) is 0 Å². The molecule has 0 bridgehead atoms. The third kappa shape index (κ3) is 9.00. The molecule has 4 heteroatoms. The largest absolute Gasteiger partial charge is 0.507 e. The summed E-state index contributed by atoms with van der Waals surface area (Å²) in [4.78, 5) is 10.7. The van der Waals surface area contributed by atoms with Gasteiger partial charge in [0.15, 0.2) is 0 Å². The van der Waals surface area contributed by atoms with Crippen LogP contribution in [0.4, 0.5) is 0 Å². The first-order valence-corrected chi connectivity index (χ1v) is 23.7. The van der Waals surface area contributed by atoms with Gasteiger partial charge in [-0.25, -0.2) is 4.98 Å². The zero-order chi connectivity index (χ0) is 48.4. The van der Waals surface area contributed by atoms with Crippen LogP contribution < -0.4 is 0 Å². The highest BCUT2D eigenvalue weighted by Gasteiger charge is 2.30. The predicted octanol–water partition coefficient (Wildman–Crippen LogP) is 17.2. The molecule has 0 saturated carbocycles. The topological polar surface area (TPSA) is 50.9 Å². The molecule has 0 radical (unpaired) electrons. The monoisotopic (exact) mass is 873 g/mol. The lowest BCUT2D eigenvalue weighted by atomic mass is 9.78. The van der Waals surface area contributed by atoms with Crippen molar-refractivity contribution in [3.8, 4) is 67.5 Å². The number of benzene rings is 6. The summed E-state index contributed by atoms with van der Waals surface area (Å²) in [6, 6.07) is 47.8. The van der Waals surface area contributed by atoms with Crippen molar-refractivity contribution >= 4 is 11.0 Å². The van der Waals surface area contributed by atoms with E-state index in [1.807, 2.05) is 20.0 Å². The molecule has 0 aliphatic rings. The van der Waals surface area contributed by atoms with Crippen molar-refractivity contribution in [2.75, 3.05) is 0 Å². The molecule has 0 atom stereocenters. The molecule has 66 heavy (non-hydrogen) atoms. The number of imidazole rings is 1. The van der Waals surface area contributed by atoms with Crippen LogP contribution in [0.5, 0.6) is 5.75 Å². The van der Waals surface area contributed by atoms with E-state index in [2.05, 4.69) is 221 Å². The van der Waals surface area contributed by atoms with E-state index in [-0.39, 0.29) is 27.4 Å². The first-order valence-electron chi connectivity index (χ1n) is 24.2. The van der Waals surface area contributed by atoms with E-state index >= 15 is 0 Å². The summed E-state index contributed by atoms with van der Waals surface area (Å²) >= 11 is 0. The van der Waals surface area contributed by atoms with E-state index in [1.54, 1.807) is 0 Å². The summed E-state index contributed by atoms with van der Waals surface area (Å²) < 4.78 is 10.8. The fraction of sp³-hybridized carbons (Fsp3) is 0.323. The van der Waals surface area contributed by atoms with Gasteiger partial charge in [0.2, 0.25) is 0 Å². The smallest absolute Gasteiger partial charge is 0.149 e. The van der Waals surface area contributed by atoms with E-state index in [9.17, 15) is 5.11 Å². The molecule has 0 aliphatic carbocycles. The number of aromatic hydroxyl groups is 1. The van der Waals surface area contributed by atoms with E-state index in [1.165, 1.54) is 11.1 Å². The van der Waals surface area contributed by atoms with Crippen LogP contribution in [-0.4, -0.2) is 19.6 Å². The zero-order valence-electron chi connectivity index (χ0n) is 42.8. The second-order valence-electron chi connectivity index (χ2n) is 22.3. The Balaban J connectivity index is 1.43. The molecule has 0 saturated heterocycles. The molecule has 0 fully saturated rings. The average Bonchev–Trinajstić information content (AvgIpc) is 3.67. The summed E-state index contributed by atoms with van der Waals surface area (Å²) in [5, 5.41) is 12.6. The SMILES string of the molecule is [2H]C(C)(C)c1ccc(-c2ccnc(-c3cc(-c4cccc5c4nc(-c4cc(C(C)(C)C)cc(C(C)(C)C)c4O)n5-c4ccc(C(C)(C)CC)cc4-c4ccccc4)cc(C(C)(C)C)c3)c2)cc1. The van der Waals surface area contributed by atoms with Crippen LogP contribution in [0.1, 0.15) is 138 Å². The average molecular weight is 873 g/mol. The molecule has 0 aliphatic heterocycles. The van der Waals surface area contributed by atoms with Gasteiger partial charge in [-0.05, 0) is 127 Å². The maximum Gasteiger partial charge on any atom is 0.149 e. The molecule has 0 unspecified atom stereocenters. The third-order valence-electron chi connectivity index (χ3n) is 13.7. The normalized spacial score (nSPS) is 13.0. The van der Waals surface area contributed by atoms with Gasteiger partial charge in [0.25, 0.3) is 0 Å². The van der Waals surface area contributed by atoms with Crippen molar-refractivity contribution in [1.29, 1.82) is 0 Å². The number of phenols is 1. The molecule has 8 aromatic rings. The van der Waals surface area contributed by atoms with Crippen LogP contribution in [0.15, 0.2) is 140 Å². The number of nitrogens with zero attached hydrogens (tertiary/aromatic N) is 3. The molecule has 0 amide bonds. The van der Waals surface area contributed by atoms with Gasteiger partial charge >= 0.3 is 0 Å². The van der Waals surface area contributed by atoms with E-state index in [0.29, 0.717) is 11.4 Å². The number of fused-ring (bicyclic) bond motifs is 1. The van der Waals surface area contributed by atoms with Crippen LogP contribution >= 0.6 is 0 Å². The van der Waals surface area contributed by atoms with E-state index < -0.39 is 5.89 Å². The fourth-order valence-electron chi connectivity index (χ4n) is 8.90. The number of aromatic nitrogens is 3. The maximum absolute atomic E-state index is 12.6. The number of hydrogen-bond acceptors (Lipinski definition) is 3. The fourth-order valence-corrected chi connectivity index (χ4v) is 8.90. The Morgan fingerprint density at radius 3 is 1.85 bits per heavy atom. The van der Waals surface area contributed by atoms with Crippen molar-refractivity contribution in [3.63, 3.8) is 0 Å². The summed E-state index contributed by atoms with van der Waals surface area (Å²) in [5.74, 6) is 0.278. The van der Waals surface area contributed by atoms with Gasteiger partial charge in [-0.2, -0.15) is 0 Å². The summed E-state index contributed by atoms with van der Waals surface area (Å²) in [7, 11) is 0. The molecule has 1 N–H and O–H groups in total. The van der Waals surface area contributed by atoms with Crippen molar-refractivity contribution in [2.24, 2.45) is 0 Å². The Morgan fingerprint density at radius 2 is 1.21 bits per heavy atom. The van der Waals surface area contributed by atoms with Crippen LogP contribution in [0.25, 0.3) is 72.7 Å². The molecule has 6 aromatic carbocycles. The number of hydrogen-bond donors (Lipinski definition) is 1. The molecule has 4 nitrogen and oxygen atoms in total. The van der Waals surface area contributed by atoms with Crippen LogP contribution in [-0.2, 0) is 21.7 Å². The molecular weight excluding hydrogens is 803 g/mol. The highest BCUT2D eigenvalue weighted by Crippen LogP contribution is 2.46. The lowest BCUT2D eigenvalue weighted by Crippen LogP contribution is -2.17. The van der Waals surface area contributed by atoms with E-state index in [0.717, 1.165) is 84.5 Å². The van der Waals surface area contributed by atoms with Gasteiger partial charge in [0, 0.05) is 29.8 Å². The lowest BCUT2D eigenvalue weighted by molar-refractivity contribution is 0.446. The van der Waals surface area contributed by atoms with Crippen molar-refractivity contribution in [3.05, 3.63) is 167 Å². The van der Waals surface area contributed by atoms with E-state index in [4.69, 9.17) is 11.3 Å². The van der Waals surface area contributed by atoms with Crippen LogP contribution in [0.3, 0.4) is 0 Å². The van der Waals surface area contributed by atoms with Crippen molar-refractivity contribution in [2.45, 2.75) is 131 Å². The standard InChI is InChI=1S/C62H69N3O/c1-15-62(13,14)46-28-29-54(50(36-46)42-20-17-16-18-21-42)65-55-23-19-22-49(56(55)64-58(65)51-37-48(60(7,8)9)38-52(57(51)66)61(10,11)12)44-32-45(34-47(33-44)59(4,5)6)53-35-43(30-31-63-53)41-26-24-40(25-27-41)39(2)3/h16-39,66H,15H2,1-14H3/i39D. The lowest BCUT2D eigenvalue weighted by Gasteiger charge is -2.28. The second-order valence-corrected chi connectivity index (χ2v) is 22.3. The Kier molecular flexibility index (Phi) is 11.7. The first kappa shape index (κ1) is 44.9. The maximum atomic E-state index is 12.6. The Bertz CT molecular complexity index is 3110. The van der Waals surface area contributed by atoms with Gasteiger partial charge in [-0.3, -0.25) is 9.55 Å². The first-order chi connectivity index (χ1) is 31.3. The summed E-state index contributed by atoms with van der Waals surface area (Å²) in [6.07, 6.45) is 2.90. The second kappa shape index (κ2) is 17.2. The summed E-state index contributed by atoms with van der Waals surface area (Å²) in [5.41, 5.74) is 16.6. The molecular formula is C62H69N3O. The van der Waals surface area contributed by atoms with Gasteiger partial charge < -0.3 is 5.11 Å². The molecule has 2 aromatic heterocycles. The summed E-state index contributed by atoms with van der Waals surface area (Å²) in [6.45, 7) is 30.7. The van der Waals surface area contributed by atoms with Crippen LogP contribution in [0.2, 0.25) is 0 Å². The minimum absolute atomic E-state index is 0.0375. The van der Waals surface area contributed by atoms with Crippen molar-refractivity contribution < 1.29 is 6.48 Å². The molecule has 2 heterocycles. The Hall–Kier alpha value is -6.26. The third-order valence-corrected chi connectivity index (χ3v) is 13.7. The predicted molar refractivity (Wildman–Crippen MR) is 281 cm³/mol. The Morgan fingerprint density at radius 1 is 0.561 bits per heavy atom. The molecule has 8 rings (SSSR count). The number of pyridine rings is 1. The molecule has 338 valence electrons. The number of para-hydroxylation sites is 1. The van der Waals surface area contributed by atoms with Gasteiger partial charge in [-0.1, -0.05) is 182 Å². The minimum Gasteiger partial charge on any atom is -0.507 e. The number of phenolic OH excluding ortho intramolecular Hbond substituents is 1. The van der Waals surface area contributed by atoms with Gasteiger partial charge in [0.1, 0.15) is 11.6 Å². The Labute approximate surface area is 396 Å². The highest BCUT2D eigenvalue weighted by atomic mass is 16.3. The molecule has 0 spiro atoms. The van der Waals surface area contributed by atoms with Crippen molar-refractivity contribution in [1.82, 2.24) is 14.5 Å². The number of rotatable bonds is 9. The van der Waals surface area contributed by atoms with Gasteiger partial charge in [0.05, 0.1) is 28.0 Å².